The van der Waals surface area contributed by atoms with Gasteiger partial charge in [-0.2, -0.15) is 0 Å². The van der Waals surface area contributed by atoms with Crippen molar-refractivity contribution >= 4 is 5.97 Å². The Morgan fingerprint density at radius 3 is 1.69 bits per heavy atom. The monoisotopic (exact) mass is 388 g/mol. The number of aliphatic hydroxyl groups excluding tert-OH is 1. The Morgan fingerprint density at radius 1 is 0.828 bits per heavy atom. The zero-order valence-corrected chi connectivity index (χ0v) is 16.1. The highest BCUT2D eigenvalue weighted by Crippen LogP contribution is 2.40. The van der Waals surface area contributed by atoms with E-state index in [1.165, 1.54) is 0 Å². The number of carbonyl (C=O) groups excluding carboxylic acids is 1. The Bertz CT molecular complexity index is 828. The first-order valence-corrected chi connectivity index (χ1v) is 9.86. The van der Waals surface area contributed by atoms with Gasteiger partial charge in [-0.05, 0) is 16.7 Å². The molecule has 2 atom stereocenters. The summed E-state index contributed by atoms with van der Waals surface area (Å²) in [6.07, 6.45) is -0.760. The van der Waals surface area contributed by atoms with Crippen LogP contribution in [0.3, 0.4) is 0 Å². The number of ether oxygens (including phenoxy) is 2. The van der Waals surface area contributed by atoms with Crippen LogP contribution in [0.4, 0.5) is 0 Å². The Kier molecular flexibility index (Phi) is 5.74. The van der Waals surface area contributed by atoms with Gasteiger partial charge in [0.25, 0.3) is 0 Å². The number of aliphatic hydroxyl groups is 1. The van der Waals surface area contributed by atoms with E-state index in [-0.39, 0.29) is 19.0 Å². The van der Waals surface area contributed by atoms with Crippen LogP contribution in [0.25, 0.3) is 0 Å². The molecule has 1 aliphatic heterocycles. The minimum absolute atomic E-state index is 0.0394. The second kappa shape index (κ2) is 8.60. The van der Waals surface area contributed by atoms with Crippen LogP contribution in [0.5, 0.6) is 0 Å². The molecule has 3 aromatic rings. The quantitative estimate of drug-likeness (QED) is 0.511. The number of hydrogen-bond acceptors (Lipinski definition) is 4. The van der Waals surface area contributed by atoms with E-state index in [2.05, 4.69) is 0 Å². The van der Waals surface area contributed by atoms with Crippen molar-refractivity contribution in [2.75, 3.05) is 6.61 Å². The molecule has 4 heteroatoms. The lowest BCUT2D eigenvalue weighted by Gasteiger charge is -2.37. The molecule has 0 bridgehead atoms. The third-order valence-electron chi connectivity index (χ3n) is 5.26. The Balaban J connectivity index is 1.78. The molecular formula is C25H24O4. The summed E-state index contributed by atoms with van der Waals surface area (Å²) in [5, 5.41) is 9.97. The van der Waals surface area contributed by atoms with Gasteiger partial charge in [0.2, 0.25) is 0 Å². The molecule has 4 nitrogen and oxygen atoms in total. The minimum atomic E-state index is -0.863. The summed E-state index contributed by atoms with van der Waals surface area (Å²) in [7, 11) is 0. The Labute approximate surface area is 170 Å². The maximum absolute atomic E-state index is 11.8. The lowest BCUT2D eigenvalue weighted by molar-refractivity contribution is -0.167. The molecule has 2 unspecified atom stereocenters. The Hall–Kier alpha value is -2.95. The molecule has 148 valence electrons. The lowest BCUT2D eigenvalue weighted by atomic mass is 9.80. The smallest absolute Gasteiger partial charge is 0.308 e. The van der Waals surface area contributed by atoms with E-state index < -0.39 is 17.8 Å². The summed E-state index contributed by atoms with van der Waals surface area (Å²) in [6, 6.07) is 30.1. The maximum Gasteiger partial charge on any atom is 0.308 e. The summed E-state index contributed by atoms with van der Waals surface area (Å²) in [4.78, 5) is 11.8. The first-order valence-electron chi connectivity index (χ1n) is 9.86. The predicted molar refractivity (Wildman–Crippen MR) is 110 cm³/mol. The first-order chi connectivity index (χ1) is 14.2. The fourth-order valence-electron chi connectivity index (χ4n) is 3.95. The van der Waals surface area contributed by atoms with Crippen molar-refractivity contribution in [1.29, 1.82) is 0 Å². The second-order valence-corrected chi connectivity index (χ2v) is 7.30. The van der Waals surface area contributed by atoms with Crippen LogP contribution in [0, 0.1) is 0 Å². The van der Waals surface area contributed by atoms with Crippen molar-refractivity contribution in [2.45, 2.75) is 30.7 Å². The molecule has 0 aromatic heterocycles. The van der Waals surface area contributed by atoms with Gasteiger partial charge in [-0.1, -0.05) is 91.0 Å². The SMILES string of the molecule is O=C1CC(O)CC(COC(c2ccccc2)(c2ccccc2)c2ccccc2)O1. The summed E-state index contributed by atoms with van der Waals surface area (Å²) in [5.74, 6) is -0.387. The highest BCUT2D eigenvalue weighted by atomic mass is 16.6. The van der Waals surface area contributed by atoms with Crippen molar-refractivity contribution in [2.24, 2.45) is 0 Å². The first kappa shape index (κ1) is 19.4. The molecule has 0 amide bonds. The molecule has 0 saturated carbocycles. The molecule has 1 fully saturated rings. The number of esters is 1. The third-order valence-corrected chi connectivity index (χ3v) is 5.26. The Morgan fingerprint density at radius 2 is 1.28 bits per heavy atom. The molecule has 0 radical (unpaired) electrons. The summed E-state index contributed by atoms with van der Waals surface area (Å²) < 4.78 is 12.1. The summed E-state index contributed by atoms with van der Waals surface area (Å²) in [6.45, 7) is 0.182. The number of benzene rings is 3. The van der Waals surface area contributed by atoms with Gasteiger partial charge in [-0.3, -0.25) is 4.79 Å². The van der Waals surface area contributed by atoms with Gasteiger partial charge < -0.3 is 14.6 Å². The number of cyclic esters (lactones) is 1. The standard InChI is InChI=1S/C25H24O4/c26-22-16-23(29-24(27)17-22)18-28-25(19-10-4-1-5-11-19,20-12-6-2-7-13-20)21-14-8-3-9-15-21/h1-15,22-23,26H,16-18H2. The molecule has 29 heavy (non-hydrogen) atoms. The number of carbonyl (C=O) groups is 1. The predicted octanol–water partition coefficient (Wildman–Crippen LogP) is 4.06. The summed E-state index contributed by atoms with van der Waals surface area (Å²) >= 11 is 0. The van der Waals surface area contributed by atoms with Crippen molar-refractivity contribution in [1.82, 2.24) is 0 Å². The number of rotatable bonds is 6. The second-order valence-electron chi connectivity index (χ2n) is 7.30. The maximum atomic E-state index is 11.8. The van der Waals surface area contributed by atoms with Gasteiger partial charge in [0.15, 0.2) is 0 Å². The highest BCUT2D eigenvalue weighted by Gasteiger charge is 2.39. The summed E-state index contributed by atoms with van der Waals surface area (Å²) in [5.41, 5.74) is 2.10. The van der Waals surface area contributed by atoms with E-state index in [0.717, 1.165) is 16.7 Å². The van der Waals surface area contributed by atoms with Crippen LogP contribution in [0.1, 0.15) is 29.5 Å². The molecule has 1 N–H and O–H groups in total. The van der Waals surface area contributed by atoms with Crippen LogP contribution in [-0.4, -0.2) is 29.9 Å². The fraction of sp³-hybridized carbons (Fsp3) is 0.240. The van der Waals surface area contributed by atoms with Gasteiger partial charge in [0.1, 0.15) is 11.7 Å². The van der Waals surface area contributed by atoms with Crippen LogP contribution in [-0.2, 0) is 19.9 Å². The molecule has 0 aliphatic carbocycles. The average Bonchev–Trinajstić information content (AvgIpc) is 2.76. The van der Waals surface area contributed by atoms with Gasteiger partial charge in [-0.15, -0.1) is 0 Å². The molecule has 1 heterocycles. The van der Waals surface area contributed by atoms with Crippen molar-refractivity contribution in [3.8, 4) is 0 Å². The minimum Gasteiger partial charge on any atom is -0.460 e. The molecule has 3 aromatic carbocycles. The van der Waals surface area contributed by atoms with Crippen LogP contribution < -0.4 is 0 Å². The van der Waals surface area contributed by atoms with Crippen LogP contribution in [0.15, 0.2) is 91.0 Å². The van der Waals surface area contributed by atoms with Crippen molar-refractivity contribution in [3.05, 3.63) is 108 Å². The van der Waals surface area contributed by atoms with Gasteiger partial charge in [0.05, 0.1) is 19.1 Å². The van der Waals surface area contributed by atoms with E-state index in [4.69, 9.17) is 9.47 Å². The van der Waals surface area contributed by atoms with Gasteiger partial charge in [0, 0.05) is 6.42 Å². The highest BCUT2D eigenvalue weighted by molar-refractivity contribution is 5.71. The fourth-order valence-corrected chi connectivity index (χ4v) is 3.95. The largest absolute Gasteiger partial charge is 0.460 e. The molecular weight excluding hydrogens is 364 g/mol. The van der Waals surface area contributed by atoms with Crippen molar-refractivity contribution in [3.63, 3.8) is 0 Å². The molecule has 0 spiro atoms. The van der Waals surface area contributed by atoms with E-state index >= 15 is 0 Å². The van der Waals surface area contributed by atoms with E-state index in [0.29, 0.717) is 6.42 Å². The topological polar surface area (TPSA) is 55.8 Å². The molecule has 4 rings (SSSR count). The van der Waals surface area contributed by atoms with E-state index in [1.807, 2.05) is 91.0 Å². The van der Waals surface area contributed by atoms with Crippen LogP contribution in [0.2, 0.25) is 0 Å². The average molecular weight is 388 g/mol. The number of hydrogen-bond donors (Lipinski definition) is 1. The lowest BCUT2D eigenvalue weighted by Crippen LogP contribution is -2.40. The zero-order valence-electron chi connectivity index (χ0n) is 16.1. The van der Waals surface area contributed by atoms with E-state index in [9.17, 15) is 9.90 Å². The molecule has 1 saturated heterocycles. The van der Waals surface area contributed by atoms with Crippen molar-refractivity contribution < 1.29 is 19.4 Å². The van der Waals surface area contributed by atoms with Gasteiger partial charge >= 0.3 is 5.97 Å². The van der Waals surface area contributed by atoms with Gasteiger partial charge in [-0.25, -0.2) is 0 Å². The van der Waals surface area contributed by atoms with E-state index in [1.54, 1.807) is 0 Å². The third kappa shape index (κ3) is 4.09. The zero-order chi connectivity index (χ0) is 20.1. The molecule has 1 aliphatic rings. The van der Waals surface area contributed by atoms with Crippen LogP contribution >= 0.6 is 0 Å². The normalized spacial score (nSPS) is 19.6.